The highest BCUT2D eigenvalue weighted by molar-refractivity contribution is 5.15. The van der Waals surface area contributed by atoms with Gasteiger partial charge in [-0.2, -0.15) is 0 Å². The van der Waals surface area contributed by atoms with Gasteiger partial charge in [0.05, 0.1) is 5.54 Å². The molecule has 0 atom stereocenters. The van der Waals surface area contributed by atoms with E-state index in [0.717, 1.165) is 29.4 Å². The fourth-order valence-corrected chi connectivity index (χ4v) is 5.69. The van der Waals surface area contributed by atoms with Crippen LogP contribution in [0.4, 0.5) is 0 Å². The van der Waals surface area contributed by atoms with Crippen LogP contribution in [0.25, 0.3) is 0 Å². The minimum atomic E-state index is -0.412. The second-order valence-corrected chi connectivity index (χ2v) is 8.27. The van der Waals surface area contributed by atoms with Gasteiger partial charge < -0.3 is 10.3 Å². The van der Waals surface area contributed by atoms with Gasteiger partial charge in [-0.1, -0.05) is 0 Å². The largest absolute Gasteiger partial charge is 0.319 e. The number of nitrogens with two attached hydrogens (primary N) is 1. The summed E-state index contributed by atoms with van der Waals surface area (Å²) in [5, 5.41) is 8.81. The van der Waals surface area contributed by atoms with E-state index in [1.54, 1.807) is 0 Å². The van der Waals surface area contributed by atoms with Crippen molar-refractivity contribution in [3.63, 3.8) is 0 Å². The summed E-state index contributed by atoms with van der Waals surface area (Å²) in [6.45, 7) is 6.20. The molecule has 0 aromatic carbocycles. The van der Waals surface area contributed by atoms with E-state index in [2.05, 4.69) is 21.7 Å². The van der Waals surface area contributed by atoms with Gasteiger partial charge in [0, 0.05) is 5.54 Å². The second kappa shape index (κ2) is 3.85. The molecule has 4 saturated carbocycles. The molecule has 4 bridgehead atoms. The zero-order chi connectivity index (χ0) is 14.1. The lowest BCUT2D eigenvalue weighted by atomic mass is 9.52. The molecule has 4 fully saturated rings. The van der Waals surface area contributed by atoms with Gasteiger partial charge in [-0.25, -0.2) is 0 Å². The topological polar surface area (TPSA) is 56.7 Å². The van der Waals surface area contributed by atoms with E-state index in [-0.39, 0.29) is 5.54 Å². The summed E-state index contributed by atoms with van der Waals surface area (Å²) >= 11 is 0. The quantitative estimate of drug-likeness (QED) is 0.902. The first kappa shape index (κ1) is 12.8. The fourth-order valence-electron chi connectivity index (χ4n) is 5.69. The molecule has 2 N–H and O–H groups in total. The van der Waals surface area contributed by atoms with Crippen LogP contribution in [0.3, 0.4) is 0 Å². The molecule has 0 radical (unpaired) electrons. The number of rotatable bonds is 2. The molecule has 0 amide bonds. The Bertz CT molecular complexity index is 502. The van der Waals surface area contributed by atoms with Gasteiger partial charge in [0.1, 0.15) is 5.82 Å². The average molecular weight is 274 g/mol. The number of nitrogens with zero attached hydrogens (tertiary/aromatic N) is 3. The molecule has 20 heavy (non-hydrogen) atoms. The molecular formula is C16H26N4. The predicted molar refractivity (Wildman–Crippen MR) is 78.1 cm³/mol. The maximum atomic E-state index is 6.37. The van der Waals surface area contributed by atoms with Crippen LogP contribution in [0, 0.1) is 24.7 Å². The first-order valence-corrected chi connectivity index (χ1v) is 8.09. The molecule has 1 aromatic heterocycles. The Hall–Kier alpha value is -0.900. The van der Waals surface area contributed by atoms with Crippen LogP contribution < -0.4 is 5.73 Å². The van der Waals surface area contributed by atoms with Crippen molar-refractivity contribution in [3.05, 3.63) is 11.6 Å². The summed E-state index contributed by atoms with van der Waals surface area (Å²) < 4.78 is 2.44. The van der Waals surface area contributed by atoms with Crippen LogP contribution >= 0.6 is 0 Å². The maximum absolute atomic E-state index is 6.37. The lowest BCUT2D eigenvalue weighted by molar-refractivity contribution is -0.0466. The highest BCUT2D eigenvalue weighted by Crippen LogP contribution is 2.59. The van der Waals surface area contributed by atoms with E-state index in [1.807, 2.05) is 13.8 Å². The Labute approximate surface area is 121 Å². The van der Waals surface area contributed by atoms with E-state index < -0.39 is 5.54 Å². The first-order chi connectivity index (χ1) is 9.37. The monoisotopic (exact) mass is 274 g/mol. The minimum absolute atomic E-state index is 0.272. The van der Waals surface area contributed by atoms with E-state index in [9.17, 15) is 0 Å². The van der Waals surface area contributed by atoms with Crippen LogP contribution in [0.15, 0.2) is 0 Å². The van der Waals surface area contributed by atoms with Gasteiger partial charge in [-0.3, -0.25) is 0 Å². The van der Waals surface area contributed by atoms with Gasteiger partial charge >= 0.3 is 0 Å². The standard InChI is InChI=1S/C16H26N4/c1-10-18-19-14(15(2,3)17)20(10)16-7-11-4-12(8-16)6-13(5-11)9-16/h11-13H,4-9,17H2,1-3H3. The molecule has 5 rings (SSSR count). The van der Waals surface area contributed by atoms with Crippen molar-refractivity contribution in [3.8, 4) is 0 Å². The summed E-state index contributed by atoms with van der Waals surface area (Å²) in [6.07, 6.45) is 8.34. The van der Waals surface area contributed by atoms with Crippen molar-refractivity contribution in [2.24, 2.45) is 23.5 Å². The van der Waals surface area contributed by atoms with Crippen LogP contribution in [0.2, 0.25) is 0 Å². The van der Waals surface area contributed by atoms with Gasteiger partial charge in [0.25, 0.3) is 0 Å². The third kappa shape index (κ3) is 1.70. The second-order valence-electron chi connectivity index (χ2n) is 8.27. The molecule has 110 valence electrons. The molecule has 0 unspecified atom stereocenters. The minimum Gasteiger partial charge on any atom is -0.319 e. The van der Waals surface area contributed by atoms with Crippen LogP contribution in [0.1, 0.15) is 64.0 Å². The maximum Gasteiger partial charge on any atom is 0.153 e. The summed E-state index contributed by atoms with van der Waals surface area (Å²) in [6, 6.07) is 0. The van der Waals surface area contributed by atoms with Gasteiger partial charge in [-0.05, 0) is 77.0 Å². The van der Waals surface area contributed by atoms with Crippen molar-refractivity contribution in [2.75, 3.05) is 0 Å². The van der Waals surface area contributed by atoms with Gasteiger partial charge in [0.2, 0.25) is 0 Å². The predicted octanol–water partition coefficient (Wildman–Crippen LogP) is 2.71. The van der Waals surface area contributed by atoms with Crippen molar-refractivity contribution >= 4 is 0 Å². The number of hydrogen-bond acceptors (Lipinski definition) is 3. The molecule has 0 spiro atoms. The fraction of sp³-hybridized carbons (Fsp3) is 0.875. The Morgan fingerprint density at radius 1 is 1.05 bits per heavy atom. The molecule has 4 heteroatoms. The zero-order valence-corrected chi connectivity index (χ0v) is 12.9. The molecule has 4 aliphatic carbocycles. The number of hydrogen-bond donors (Lipinski definition) is 1. The van der Waals surface area contributed by atoms with Crippen LogP contribution in [-0.4, -0.2) is 14.8 Å². The number of aromatic nitrogens is 3. The Morgan fingerprint density at radius 3 is 2.00 bits per heavy atom. The van der Waals surface area contributed by atoms with Gasteiger partial charge in [-0.15, -0.1) is 10.2 Å². The highest BCUT2D eigenvalue weighted by Gasteiger charge is 2.53. The zero-order valence-electron chi connectivity index (χ0n) is 12.9. The lowest BCUT2D eigenvalue weighted by Gasteiger charge is -2.57. The molecule has 1 heterocycles. The molecule has 4 aliphatic rings. The van der Waals surface area contributed by atoms with Crippen molar-refractivity contribution < 1.29 is 0 Å². The van der Waals surface area contributed by atoms with Crippen LogP contribution in [-0.2, 0) is 11.1 Å². The van der Waals surface area contributed by atoms with Crippen molar-refractivity contribution in [2.45, 2.75) is 70.4 Å². The molecule has 0 aliphatic heterocycles. The Balaban J connectivity index is 1.83. The third-order valence-electron chi connectivity index (χ3n) is 5.88. The van der Waals surface area contributed by atoms with Gasteiger partial charge in [0.15, 0.2) is 5.82 Å². The summed E-state index contributed by atoms with van der Waals surface area (Å²) in [4.78, 5) is 0. The van der Waals surface area contributed by atoms with E-state index in [1.165, 1.54) is 38.5 Å². The molecule has 0 saturated heterocycles. The summed E-state index contributed by atoms with van der Waals surface area (Å²) in [5.74, 6) is 4.82. The summed E-state index contributed by atoms with van der Waals surface area (Å²) in [5.41, 5.74) is 6.23. The van der Waals surface area contributed by atoms with Crippen molar-refractivity contribution in [1.29, 1.82) is 0 Å². The first-order valence-electron chi connectivity index (χ1n) is 8.09. The van der Waals surface area contributed by atoms with Crippen LogP contribution in [0.5, 0.6) is 0 Å². The smallest absolute Gasteiger partial charge is 0.153 e. The highest BCUT2D eigenvalue weighted by atomic mass is 15.3. The van der Waals surface area contributed by atoms with E-state index in [4.69, 9.17) is 5.73 Å². The molecule has 1 aromatic rings. The normalized spacial score (nSPS) is 39.5. The SMILES string of the molecule is Cc1nnc(C(C)(C)N)n1C12CC3CC(CC(C3)C1)C2. The van der Waals surface area contributed by atoms with E-state index >= 15 is 0 Å². The number of aryl methyl sites for hydroxylation is 1. The molecule has 4 nitrogen and oxygen atoms in total. The summed E-state index contributed by atoms with van der Waals surface area (Å²) in [7, 11) is 0. The molecular weight excluding hydrogens is 248 g/mol. The average Bonchev–Trinajstić information content (AvgIpc) is 2.69. The van der Waals surface area contributed by atoms with Crippen molar-refractivity contribution in [1.82, 2.24) is 14.8 Å². The third-order valence-corrected chi connectivity index (χ3v) is 5.88. The van der Waals surface area contributed by atoms with E-state index in [0.29, 0.717) is 0 Å². The Kier molecular flexibility index (Phi) is 2.46. The lowest BCUT2D eigenvalue weighted by Crippen LogP contribution is -2.53. The Morgan fingerprint density at radius 2 is 1.55 bits per heavy atom.